The van der Waals surface area contributed by atoms with Crippen LogP contribution in [0.5, 0.6) is 0 Å². The number of ether oxygens (including phenoxy) is 3. The summed E-state index contributed by atoms with van der Waals surface area (Å²) >= 11 is 0. The fraction of sp³-hybridized carbons (Fsp3) is 0.800. The average molecular weight is 317 g/mol. The maximum absolute atomic E-state index is 12.2. The molecule has 0 bridgehead atoms. The van der Waals surface area contributed by atoms with E-state index in [1.54, 1.807) is 48.5 Å². The van der Waals surface area contributed by atoms with E-state index in [4.69, 9.17) is 9.47 Å². The van der Waals surface area contributed by atoms with Gasteiger partial charge in [0.15, 0.2) is 0 Å². The summed E-state index contributed by atoms with van der Waals surface area (Å²) in [5.41, 5.74) is -1.55. The van der Waals surface area contributed by atoms with E-state index in [2.05, 4.69) is 4.74 Å². The van der Waals surface area contributed by atoms with Crippen LogP contribution in [-0.2, 0) is 19.0 Å². The van der Waals surface area contributed by atoms with Crippen LogP contribution in [0.1, 0.15) is 54.9 Å². The number of hydrogen-bond acceptors (Lipinski definition) is 6. The van der Waals surface area contributed by atoms with Gasteiger partial charge >= 0.3 is 18.2 Å². The predicted molar refractivity (Wildman–Crippen MR) is 80.4 cm³/mol. The number of hydrogen-bond donors (Lipinski definition) is 0. The molecule has 0 heterocycles. The Hall–Kier alpha value is -1.79. The van der Waals surface area contributed by atoms with Gasteiger partial charge in [-0.15, -0.1) is 0 Å². The zero-order valence-electron chi connectivity index (χ0n) is 14.7. The van der Waals surface area contributed by atoms with Crippen LogP contribution in [0.15, 0.2) is 0 Å². The molecule has 0 rings (SSSR count). The number of nitrogens with zero attached hydrogens (tertiary/aromatic N) is 1. The van der Waals surface area contributed by atoms with Crippen LogP contribution < -0.4 is 0 Å². The van der Waals surface area contributed by atoms with Crippen molar-refractivity contribution in [2.45, 2.75) is 72.1 Å². The highest BCUT2D eigenvalue weighted by atomic mass is 16.6. The van der Waals surface area contributed by atoms with Crippen molar-refractivity contribution in [3.63, 3.8) is 0 Å². The van der Waals surface area contributed by atoms with Crippen LogP contribution >= 0.6 is 0 Å². The molecule has 7 nitrogen and oxygen atoms in total. The van der Waals surface area contributed by atoms with Gasteiger partial charge in [0.05, 0.1) is 19.6 Å². The van der Waals surface area contributed by atoms with Gasteiger partial charge in [-0.3, -0.25) is 4.79 Å². The Bertz CT molecular complexity index is 391. The number of imide groups is 1. The minimum atomic E-state index is -0.863. The number of methoxy groups -OCH3 is 1. The quantitative estimate of drug-likeness (QED) is 0.587. The number of esters is 1. The lowest BCUT2D eigenvalue weighted by Crippen LogP contribution is -2.48. The lowest BCUT2D eigenvalue weighted by atomic mass is 10.2. The van der Waals surface area contributed by atoms with E-state index in [1.807, 2.05) is 0 Å². The van der Waals surface area contributed by atoms with Crippen molar-refractivity contribution in [2.24, 2.45) is 0 Å². The van der Waals surface area contributed by atoms with Crippen molar-refractivity contribution < 1.29 is 28.6 Å². The topological polar surface area (TPSA) is 82.1 Å². The van der Waals surface area contributed by atoms with Gasteiger partial charge in [0.25, 0.3) is 0 Å². The summed E-state index contributed by atoms with van der Waals surface area (Å²) in [6, 6.07) is -0.753. The fourth-order valence-electron chi connectivity index (χ4n) is 1.47. The van der Waals surface area contributed by atoms with Gasteiger partial charge in [0.2, 0.25) is 0 Å². The van der Waals surface area contributed by atoms with Crippen molar-refractivity contribution in [2.75, 3.05) is 7.11 Å². The van der Waals surface area contributed by atoms with Crippen LogP contribution in [0.3, 0.4) is 0 Å². The predicted octanol–water partition coefficient (Wildman–Crippen LogP) is 3.11. The highest BCUT2D eigenvalue weighted by molar-refractivity contribution is 5.89. The largest absolute Gasteiger partial charge is 0.469 e. The van der Waals surface area contributed by atoms with Gasteiger partial charge in [-0.2, -0.15) is 0 Å². The molecule has 0 N–H and O–H groups in total. The van der Waals surface area contributed by atoms with Crippen LogP contribution in [0.2, 0.25) is 0 Å². The summed E-state index contributed by atoms with van der Waals surface area (Å²) < 4.78 is 15.0. The van der Waals surface area contributed by atoms with Crippen molar-refractivity contribution in [3.8, 4) is 0 Å². The third-order valence-corrected chi connectivity index (χ3v) is 2.31. The SMILES string of the molecule is COC(=O)C[C@H](C)N(C(=O)OC(C)(C)C)C(=O)OC(C)(C)C. The minimum absolute atomic E-state index is 0.144. The highest BCUT2D eigenvalue weighted by Crippen LogP contribution is 2.18. The first-order chi connectivity index (χ1) is 9.76. The van der Waals surface area contributed by atoms with Gasteiger partial charge in [-0.05, 0) is 48.5 Å². The number of amides is 2. The first-order valence-corrected chi connectivity index (χ1v) is 7.09. The molecule has 0 aromatic carbocycles. The lowest BCUT2D eigenvalue weighted by molar-refractivity contribution is -0.141. The Labute approximate surface area is 131 Å². The first-order valence-electron chi connectivity index (χ1n) is 7.09. The maximum atomic E-state index is 12.2. The number of rotatable bonds is 3. The molecule has 0 fully saturated rings. The van der Waals surface area contributed by atoms with E-state index in [9.17, 15) is 14.4 Å². The monoisotopic (exact) mass is 317 g/mol. The van der Waals surface area contributed by atoms with Gasteiger partial charge in [-0.25, -0.2) is 14.5 Å². The molecule has 0 aliphatic carbocycles. The molecule has 22 heavy (non-hydrogen) atoms. The molecule has 0 spiro atoms. The highest BCUT2D eigenvalue weighted by Gasteiger charge is 2.35. The molecule has 0 radical (unpaired) electrons. The molecule has 0 aromatic heterocycles. The fourth-order valence-corrected chi connectivity index (χ4v) is 1.47. The third-order valence-electron chi connectivity index (χ3n) is 2.31. The second kappa shape index (κ2) is 7.47. The van der Waals surface area contributed by atoms with E-state index in [0.29, 0.717) is 0 Å². The zero-order chi connectivity index (χ0) is 17.7. The summed E-state index contributed by atoms with van der Waals surface area (Å²) in [5.74, 6) is -0.537. The molecule has 0 aliphatic heterocycles. The van der Waals surface area contributed by atoms with E-state index in [-0.39, 0.29) is 6.42 Å². The van der Waals surface area contributed by atoms with Crippen molar-refractivity contribution in [3.05, 3.63) is 0 Å². The Kier molecular flexibility index (Phi) is 6.86. The van der Waals surface area contributed by atoms with Crippen LogP contribution in [0.25, 0.3) is 0 Å². The molecule has 2 amide bonds. The molecular weight excluding hydrogens is 290 g/mol. The summed E-state index contributed by atoms with van der Waals surface area (Å²) in [7, 11) is 1.24. The smallest absolute Gasteiger partial charge is 0.420 e. The van der Waals surface area contributed by atoms with Gasteiger partial charge in [0.1, 0.15) is 11.2 Å². The third kappa shape index (κ3) is 7.85. The summed E-state index contributed by atoms with van der Waals surface area (Å²) in [4.78, 5) is 36.7. The molecule has 0 aliphatic rings. The summed E-state index contributed by atoms with van der Waals surface area (Å²) in [6.45, 7) is 11.6. The molecule has 0 saturated heterocycles. The second-order valence-corrected chi connectivity index (χ2v) is 6.96. The molecule has 0 unspecified atom stereocenters. The Morgan fingerprint density at radius 1 is 0.909 bits per heavy atom. The van der Waals surface area contributed by atoms with Gasteiger partial charge in [-0.1, -0.05) is 0 Å². The summed E-state index contributed by atoms with van der Waals surface area (Å²) in [5, 5.41) is 0. The van der Waals surface area contributed by atoms with Gasteiger partial charge < -0.3 is 14.2 Å². The Balaban J connectivity index is 5.25. The van der Waals surface area contributed by atoms with E-state index < -0.39 is 35.4 Å². The normalized spacial score (nSPS) is 13.1. The van der Waals surface area contributed by atoms with E-state index >= 15 is 0 Å². The summed E-state index contributed by atoms with van der Waals surface area (Å²) in [6.07, 6.45) is -1.87. The zero-order valence-corrected chi connectivity index (χ0v) is 14.7. The molecule has 0 saturated carbocycles. The molecule has 7 heteroatoms. The standard InChI is InChI=1S/C15H27NO6/c1-10(9-11(17)20-8)16(12(18)21-14(2,3)4)13(19)22-15(5,6)7/h10H,9H2,1-8H3/t10-/m0/s1. The van der Waals surface area contributed by atoms with E-state index in [1.165, 1.54) is 7.11 Å². The number of carbonyl (C=O) groups is 3. The average Bonchev–Trinajstić information content (AvgIpc) is 2.23. The minimum Gasteiger partial charge on any atom is -0.469 e. The van der Waals surface area contributed by atoms with Crippen molar-refractivity contribution in [1.29, 1.82) is 0 Å². The molecule has 128 valence electrons. The Morgan fingerprint density at radius 3 is 1.55 bits per heavy atom. The molecule has 1 atom stereocenters. The first kappa shape index (κ1) is 20.2. The lowest BCUT2D eigenvalue weighted by Gasteiger charge is -2.31. The van der Waals surface area contributed by atoms with E-state index in [0.717, 1.165) is 4.90 Å². The van der Waals surface area contributed by atoms with Crippen molar-refractivity contribution >= 4 is 18.2 Å². The maximum Gasteiger partial charge on any atom is 0.420 e. The molecular formula is C15H27NO6. The van der Waals surface area contributed by atoms with Crippen LogP contribution in [-0.4, -0.2) is 47.4 Å². The van der Waals surface area contributed by atoms with Gasteiger partial charge in [0, 0.05) is 0 Å². The number of carbonyl (C=O) groups excluding carboxylic acids is 3. The second-order valence-electron chi connectivity index (χ2n) is 6.96. The van der Waals surface area contributed by atoms with Crippen molar-refractivity contribution in [1.82, 2.24) is 4.90 Å². The molecule has 0 aromatic rings. The Morgan fingerprint density at radius 2 is 1.27 bits per heavy atom. The van der Waals surface area contributed by atoms with Crippen LogP contribution in [0.4, 0.5) is 9.59 Å². The van der Waals surface area contributed by atoms with Crippen LogP contribution in [0, 0.1) is 0 Å².